The minimum Gasteiger partial charge on any atom is -0.497 e. The molecule has 0 radical (unpaired) electrons. The van der Waals surface area contributed by atoms with Gasteiger partial charge in [0.2, 0.25) is 5.91 Å². The lowest BCUT2D eigenvalue weighted by Crippen LogP contribution is -2.34. The number of benzene rings is 2. The number of anilines is 1. The molecular weight excluding hydrogens is 372 g/mol. The van der Waals surface area contributed by atoms with E-state index in [0.29, 0.717) is 11.4 Å². The fourth-order valence-electron chi connectivity index (χ4n) is 3.30. The maximum absolute atomic E-state index is 12.6. The summed E-state index contributed by atoms with van der Waals surface area (Å²) in [6.45, 7) is 0.135. The fourth-order valence-corrected chi connectivity index (χ4v) is 3.30. The third kappa shape index (κ3) is 3.91. The average Bonchev–Trinajstić information content (AvgIpc) is 3.28. The molecule has 0 saturated carbocycles. The zero-order chi connectivity index (χ0) is 20.4. The minimum absolute atomic E-state index is 0.132. The number of amides is 4. The zero-order valence-corrected chi connectivity index (χ0v) is 15.8. The van der Waals surface area contributed by atoms with Crippen LogP contribution in [0.3, 0.4) is 0 Å². The van der Waals surface area contributed by atoms with E-state index in [2.05, 4.69) is 15.6 Å². The number of H-pyrrole nitrogens is 1. The van der Waals surface area contributed by atoms with Gasteiger partial charge < -0.3 is 20.4 Å². The van der Waals surface area contributed by atoms with Gasteiger partial charge in [-0.15, -0.1) is 0 Å². The van der Waals surface area contributed by atoms with Crippen molar-refractivity contribution in [1.29, 1.82) is 0 Å². The second kappa shape index (κ2) is 7.67. The number of carbonyl (C=O) groups excluding carboxylic acids is 3. The molecule has 2 aromatic carbocycles. The van der Waals surface area contributed by atoms with Crippen LogP contribution in [0.15, 0.2) is 54.7 Å². The van der Waals surface area contributed by atoms with E-state index in [9.17, 15) is 14.4 Å². The van der Waals surface area contributed by atoms with Gasteiger partial charge in [-0.1, -0.05) is 18.2 Å². The Hall–Kier alpha value is -3.81. The fraction of sp³-hybridized carbons (Fsp3) is 0.190. The van der Waals surface area contributed by atoms with Crippen molar-refractivity contribution in [3.05, 3.63) is 60.3 Å². The minimum atomic E-state index is -0.880. The number of hydrogen-bond acceptors (Lipinski definition) is 4. The Morgan fingerprint density at radius 3 is 2.69 bits per heavy atom. The molecule has 29 heavy (non-hydrogen) atoms. The first-order valence-corrected chi connectivity index (χ1v) is 9.15. The van der Waals surface area contributed by atoms with Crippen LogP contribution in [0.25, 0.3) is 10.9 Å². The summed E-state index contributed by atoms with van der Waals surface area (Å²) in [5, 5.41) is 6.39. The Morgan fingerprint density at radius 1 is 1.14 bits per heavy atom. The molecule has 0 bridgehead atoms. The van der Waals surface area contributed by atoms with E-state index in [0.717, 1.165) is 21.4 Å². The number of urea groups is 1. The number of aromatic amines is 1. The number of fused-ring (bicyclic) bond motifs is 1. The Bertz CT molecular complexity index is 1070. The van der Waals surface area contributed by atoms with E-state index in [-0.39, 0.29) is 18.9 Å². The standard InChI is InChI=1S/C21H20N4O4/c1-29-16-6-2-13(3-7-16)12-25-20(27)18(24-21(25)28)11-19(26)23-15-5-4-14-8-9-22-17(14)10-15/h2-10,18,22H,11-12H2,1H3,(H,23,26)(H,24,28)/t18-/m1/s1. The molecule has 1 aromatic heterocycles. The number of aromatic nitrogens is 1. The van der Waals surface area contributed by atoms with E-state index < -0.39 is 18.0 Å². The van der Waals surface area contributed by atoms with Crippen LogP contribution < -0.4 is 15.4 Å². The molecule has 0 spiro atoms. The Morgan fingerprint density at radius 2 is 1.93 bits per heavy atom. The van der Waals surface area contributed by atoms with Gasteiger partial charge in [-0.05, 0) is 41.3 Å². The van der Waals surface area contributed by atoms with Crippen molar-refractivity contribution in [3.8, 4) is 5.75 Å². The highest BCUT2D eigenvalue weighted by molar-refractivity contribution is 6.07. The number of hydrogen-bond donors (Lipinski definition) is 3. The van der Waals surface area contributed by atoms with Crippen molar-refractivity contribution >= 4 is 34.4 Å². The lowest BCUT2D eigenvalue weighted by molar-refractivity contribution is -0.130. The van der Waals surface area contributed by atoms with Crippen molar-refractivity contribution in [2.45, 2.75) is 19.0 Å². The van der Waals surface area contributed by atoms with E-state index >= 15 is 0 Å². The van der Waals surface area contributed by atoms with E-state index in [1.165, 1.54) is 0 Å². The summed E-state index contributed by atoms with van der Waals surface area (Å²) < 4.78 is 5.10. The summed E-state index contributed by atoms with van der Waals surface area (Å²) >= 11 is 0. The van der Waals surface area contributed by atoms with Crippen molar-refractivity contribution in [2.24, 2.45) is 0 Å². The first-order chi connectivity index (χ1) is 14.0. The summed E-state index contributed by atoms with van der Waals surface area (Å²) in [6, 6.07) is 13.2. The summed E-state index contributed by atoms with van der Waals surface area (Å²) in [4.78, 5) is 41.4. The number of nitrogens with one attached hydrogen (secondary N) is 3. The zero-order valence-electron chi connectivity index (χ0n) is 15.8. The van der Waals surface area contributed by atoms with Gasteiger partial charge in [0, 0.05) is 17.4 Å². The summed E-state index contributed by atoms with van der Waals surface area (Å²) in [7, 11) is 1.57. The molecule has 148 valence electrons. The number of nitrogens with zero attached hydrogens (tertiary/aromatic N) is 1. The topological polar surface area (TPSA) is 104 Å². The number of methoxy groups -OCH3 is 1. The van der Waals surface area contributed by atoms with Crippen LogP contribution >= 0.6 is 0 Å². The van der Waals surface area contributed by atoms with Gasteiger partial charge >= 0.3 is 6.03 Å². The molecule has 2 heterocycles. The van der Waals surface area contributed by atoms with Crippen LogP contribution in [-0.4, -0.2) is 40.9 Å². The van der Waals surface area contributed by atoms with E-state index in [1.54, 1.807) is 37.4 Å². The predicted octanol–water partition coefficient (Wildman–Crippen LogP) is 2.63. The Balaban J connectivity index is 1.37. The van der Waals surface area contributed by atoms with Gasteiger partial charge in [0.15, 0.2) is 0 Å². The Kier molecular flexibility index (Phi) is 4.90. The van der Waals surface area contributed by atoms with Crippen LogP contribution in [0.5, 0.6) is 5.75 Å². The van der Waals surface area contributed by atoms with Crippen molar-refractivity contribution in [2.75, 3.05) is 12.4 Å². The van der Waals surface area contributed by atoms with E-state index in [4.69, 9.17) is 4.74 Å². The highest BCUT2D eigenvalue weighted by Gasteiger charge is 2.38. The molecule has 4 rings (SSSR count). The number of rotatable bonds is 6. The van der Waals surface area contributed by atoms with Crippen LogP contribution in [0.4, 0.5) is 10.5 Å². The van der Waals surface area contributed by atoms with Gasteiger partial charge in [0.1, 0.15) is 11.8 Å². The first kappa shape index (κ1) is 18.5. The maximum atomic E-state index is 12.6. The molecule has 1 saturated heterocycles. The summed E-state index contributed by atoms with van der Waals surface area (Å²) in [5.41, 5.74) is 2.31. The third-order valence-electron chi connectivity index (χ3n) is 4.84. The molecule has 1 aliphatic heterocycles. The average molecular weight is 392 g/mol. The third-order valence-corrected chi connectivity index (χ3v) is 4.84. The smallest absolute Gasteiger partial charge is 0.325 e. The van der Waals surface area contributed by atoms with Gasteiger partial charge in [0.05, 0.1) is 20.1 Å². The maximum Gasteiger partial charge on any atom is 0.325 e. The van der Waals surface area contributed by atoms with Crippen LogP contribution in [0.1, 0.15) is 12.0 Å². The van der Waals surface area contributed by atoms with Crippen LogP contribution in [-0.2, 0) is 16.1 Å². The normalized spacial score (nSPS) is 16.2. The van der Waals surface area contributed by atoms with E-state index in [1.807, 2.05) is 24.4 Å². The second-order valence-corrected chi connectivity index (χ2v) is 6.81. The quantitative estimate of drug-likeness (QED) is 0.561. The SMILES string of the molecule is COc1ccc(CN2C(=O)N[C@H](CC(=O)Nc3ccc4cc[nH]c4c3)C2=O)cc1. The monoisotopic (exact) mass is 392 g/mol. The van der Waals surface area contributed by atoms with Crippen molar-refractivity contribution in [1.82, 2.24) is 15.2 Å². The van der Waals surface area contributed by atoms with Gasteiger partial charge in [-0.2, -0.15) is 0 Å². The molecule has 8 nitrogen and oxygen atoms in total. The molecule has 1 atom stereocenters. The highest BCUT2D eigenvalue weighted by Crippen LogP contribution is 2.20. The Labute approximate surface area is 166 Å². The summed E-state index contributed by atoms with van der Waals surface area (Å²) in [6.07, 6.45) is 1.69. The molecule has 8 heteroatoms. The lowest BCUT2D eigenvalue weighted by Gasteiger charge is -2.13. The second-order valence-electron chi connectivity index (χ2n) is 6.81. The van der Waals surface area contributed by atoms with Gasteiger partial charge in [-0.25, -0.2) is 4.79 Å². The number of carbonyl (C=O) groups is 3. The molecule has 1 fully saturated rings. The van der Waals surface area contributed by atoms with Crippen molar-refractivity contribution < 1.29 is 19.1 Å². The molecule has 4 amide bonds. The molecule has 0 unspecified atom stereocenters. The molecule has 3 N–H and O–H groups in total. The molecule has 3 aromatic rings. The number of imide groups is 1. The van der Waals surface area contributed by atoms with Gasteiger partial charge in [-0.3, -0.25) is 14.5 Å². The highest BCUT2D eigenvalue weighted by atomic mass is 16.5. The summed E-state index contributed by atoms with van der Waals surface area (Å²) in [5.74, 6) is -0.0697. The predicted molar refractivity (Wildman–Crippen MR) is 107 cm³/mol. The molecular formula is C21H20N4O4. The van der Waals surface area contributed by atoms with Crippen molar-refractivity contribution in [3.63, 3.8) is 0 Å². The lowest BCUT2D eigenvalue weighted by atomic mass is 10.1. The van der Waals surface area contributed by atoms with Crippen LogP contribution in [0.2, 0.25) is 0 Å². The van der Waals surface area contributed by atoms with Gasteiger partial charge in [0.25, 0.3) is 5.91 Å². The molecule has 1 aliphatic rings. The first-order valence-electron chi connectivity index (χ1n) is 9.15. The largest absolute Gasteiger partial charge is 0.497 e. The molecule has 0 aliphatic carbocycles. The van der Waals surface area contributed by atoms with Crippen LogP contribution in [0, 0.1) is 0 Å². The number of ether oxygens (including phenoxy) is 1.